The molecule has 0 aliphatic heterocycles. The van der Waals surface area contributed by atoms with Crippen molar-refractivity contribution in [3.63, 3.8) is 0 Å². The highest BCUT2D eigenvalue weighted by atomic mass is 32.1. The second kappa shape index (κ2) is 12.2. The fourth-order valence-electron chi connectivity index (χ4n) is 10.0. The van der Waals surface area contributed by atoms with Gasteiger partial charge in [-0.3, -0.25) is 0 Å². The van der Waals surface area contributed by atoms with E-state index < -0.39 is 0 Å². The molecular formula is C54H44N2S. The van der Waals surface area contributed by atoms with Gasteiger partial charge in [-0.05, 0) is 142 Å². The van der Waals surface area contributed by atoms with Gasteiger partial charge in [0, 0.05) is 43.8 Å². The monoisotopic (exact) mass is 752 g/mol. The van der Waals surface area contributed by atoms with E-state index in [0.29, 0.717) is 0 Å². The van der Waals surface area contributed by atoms with Crippen LogP contribution in [-0.4, -0.2) is 4.57 Å². The summed E-state index contributed by atoms with van der Waals surface area (Å²) in [6.45, 7) is 13.8. The number of hydrogen-bond acceptors (Lipinski definition) is 2. The van der Waals surface area contributed by atoms with Crippen LogP contribution in [0.5, 0.6) is 0 Å². The lowest BCUT2D eigenvalue weighted by atomic mass is 9.82. The molecule has 0 fully saturated rings. The molecule has 0 saturated heterocycles. The molecule has 11 rings (SSSR count). The molecule has 57 heavy (non-hydrogen) atoms. The number of anilines is 3. The van der Waals surface area contributed by atoms with E-state index in [2.05, 4.69) is 209 Å². The molecule has 0 atom stereocenters. The van der Waals surface area contributed by atoms with Gasteiger partial charge in [-0.1, -0.05) is 119 Å². The van der Waals surface area contributed by atoms with Crippen LogP contribution < -0.4 is 4.90 Å². The Kier molecular flexibility index (Phi) is 7.28. The van der Waals surface area contributed by atoms with Crippen molar-refractivity contribution in [3.8, 4) is 39.1 Å². The van der Waals surface area contributed by atoms with E-state index in [1.165, 1.54) is 98.6 Å². The van der Waals surface area contributed by atoms with Crippen molar-refractivity contribution in [1.82, 2.24) is 4.57 Å². The maximum absolute atomic E-state index is 2.48. The third kappa shape index (κ3) is 5.01. The third-order valence-electron chi connectivity index (χ3n) is 12.9. The first-order chi connectivity index (χ1) is 27.6. The first-order valence-corrected chi connectivity index (χ1v) is 20.9. The maximum atomic E-state index is 2.48. The molecule has 0 unspecified atom stereocenters. The minimum Gasteiger partial charge on any atom is -0.310 e. The summed E-state index contributed by atoms with van der Waals surface area (Å²) in [6, 6.07) is 59.3. The number of nitrogens with zero attached hydrogens (tertiary/aromatic N) is 2. The Labute approximate surface area is 339 Å². The zero-order chi connectivity index (χ0) is 38.8. The van der Waals surface area contributed by atoms with E-state index >= 15 is 0 Å². The Hall–Kier alpha value is -6.16. The number of rotatable bonds is 5. The average molecular weight is 753 g/mol. The summed E-state index contributed by atoms with van der Waals surface area (Å²) in [5.41, 5.74) is 21.8. The molecule has 2 aromatic heterocycles. The smallest absolute Gasteiger partial charge is 0.0651 e. The normalized spacial score (nSPS) is 14.4. The van der Waals surface area contributed by atoms with Gasteiger partial charge in [-0.25, -0.2) is 0 Å². The topological polar surface area (TPSA) is 8.17 Å². The molecule has 0 spiro atoms. The summed E-state index contributed by atoms with van der Waals surface area (Å²) in [6.07, 6.45) is 0. The highest BCUT2D eigenvalue weighted by Crippen LogP contribution is 2.52. The molecule has 0 radical (unpaired) electrons. The molecule has 2 aliphatic rings. The van der Waals surface area contributed by atoms with Gasteiger partial charge in [0.15, 0.2) is 0 Å². The zero-order valence-corrected chi connectivity index (χ0v) is 34.1. The Morgan fingerprint density at radius 1 is 0.456 bits per heavy atom. The van der Waals surface area contributed by atoms with Crippen molar-refractivity contribution in [2.75, 3.05) is 4.90 Å². The molecule has 0 bridgehead atoms. The van der Waals surface area contributed by atoms with Crippen molar-refractivity contribution < 1.29 is 0 Å². The summed E-state index contributed by atoms with van der Waals surface area (Å²) in [4.78, 5) is 3.74. The van der Waals surface area contributed by atoms with Crippen molar-refractivity contribution in [1.29, 1.82) is 0 Å². The second-order valence-corrected chi connectivity index (χ2v) is 18.4. The fraction of sp³-hybridized carbons (Fsp3) is 0.148. The van der Waals surface area contributed by atoms with Gasteiger partial charge in [0.2, 0.25) is 0 Å². The van der Waals surface area contributed by atoms with Crippen LogP contribution in [0.25, 0.3) is 60.2 Å². The van der Waals surface area contributed by atoms with Gasteiger partial charge in [-0.2, -0.15) is 0 Å². The Bertz CT molecular complexity index is 3100. The summed E-state index contributed by atoms with van der Waals surface area (Å²) in [5.74, 6) is 0. The molecule has 2 nitrogen and oxygen atoms in total. The lowest BCUT2D eigenvalue weighted by Gasteiger charge is -2.28. The number of aromatic nitrogens is 1. The summed E-state index contributed by atoms with van der Waals surface area (Å²) >= 11 is 1.90. The van der Waals surface area contributed by atoms with Crippen molar-refractivity contribution in [2.24, 2.45) is 0 Å². The predicted octanol–water partition coefficient (Wildman–Crippen LogP) is 15.2. The standard InChI is InChI=1S/C54H44N2S/c1-33-12-11-13-38(28-33)55(39-23-25-43-41-14-7-9-16-46(41)53(3,4)48(43)31-39)37-21-18-35(19-22-37)36-20-27-50-45(30-36)52-51(29-34(2)57-52)56(50)40-24-26-44-42-15-8-10-17-47(42)54(5,6)49(44)32-40/h7-32H,1-6H3. The van der Waals surface area contributed by atoms with E-state index in [0.717, 1.165) is 11.4 Å². The summed E-state index contributed by atoms with van der Waals surface area (Å²) in [5, 5.41) is 1.30. The van der Waals surface area contributed by atoms with Crippen LogP contribution in [-0.2, 0) is 10.8 Å². The second-order valence-electron chi connectivity index (χ2n) is 17.2. The molecule has 0 saturated carbocycles. The van der Waals surface area contributed by atoms with Crippen LogP contribution in [0.2, 0.25) is 0 Å². The Balaban J connectivity index is 0.992. The lowest BCUT2D eigenvalue weighted by molar-refractivity contribution is 0.660. The minimum absolute atomic E-state index is 0.0498. The van der Waals surface area contributed by atoms with E-state index in [1.807, 2.05) is 11.3 Å². The molecule has 3 heteroatoms. The highest BCUT2D eigenvalue weighted by Gasteiger charge is 2.37. The number of hydrogen-bond donors (Lipinski definition) is 0. The minimum atomic E-state index is -0.0722. The molecule has 0 N–H and O–H groups in total. The number of benzene rings is 7. The molecule has 2 heterocycles. The Morgan fingerprint density at radius 3 is 1.75 bits per heavy atom. The molecule has 2 aliphatic carbocycles. The van der Waals surface area contributed by atoms with E-state index in [-0.39, 0.29) is 10.8 Å². The van der Waals surface area contributed by atoms with Gasteiger partial charge in [0.1, 0.15) is 0 Å². The fourth-order valence-corrected chi connectivity index (χ4v) is 11.1. The predicted molar refractivity (Wildman–Crippen MR) is 243 cm³/mol. The van der Waals surface area contributed by atoms with Gasteiger partial charge in [-0.15, -0.1) is 11.3 Å². The highest BCUT2D eigenvalue weighted by molar-refractivity contribution is 7.20. The van der Waals surface area contributed by atoms with E-state index in [9.17, 15) is 0 Å². The summed E-state index contributed by atoms with van der Waals surface area (Å²) < 4.78 is 3.83. The van der Waals surface area contributed by atoms with Gasteiger partial charge >= 0.3 is 0 Å². The number of thiophene rings is 1. The maximum Gasteiger partial charge on any atom is 0.0651 e. The number of aryl methyl sites for hydroxylation is 2. The van der Waals surface area contributed by atoms with Crippen LogP contribution in [0.15, 0.2) is 158 Å². The van der Waals surface area contributed by atoms with Gasteiger partial charge < -0.3 is 9.47 Å². The van der Waals surface area contributed by atoms with Gasteiger partial charge in [0.25, 0.3) is 0 Å². The summed E-state index contributed by atoms with van der Waals surface area (Å²) in [7, 11) is 0. The van der Waals surface area contributed by atoms with E-state index in [1.54, 1.807) is 0 Å². The third-order valence-corrected chi connectivity index (χ3v) is 14.0. The number of fused-ring (bicyclic) bond motifs is 9. The molecule has 276 valence electrons. The molecule has 9 aromatic rings. The van der Waals surface area contributed by atoms with Crippen LogP contribution in [0.1, 0.15) is 60.4 Å². The van der Waals surface area contributed by atoms with E-state index in [4.69, 9.17) is 0 Å². The molecular weight excluding hydrogens is 709 g/mol. The SMILES string of the molecule is Cc1cccc(N(c2ccc(-c3ccc4c(c3)c3sc(C)cc3n4-c3ccc4c(c3)C(C)(C)c3ccccc3-4)cc2)c2ccc3c(c2)C(C)(C)c2ccccc2-3)c1. The van der Waals surface area contributed by atoms with Crippen LogP contribution in [0.4, 0.5) is 17.1 Å². The zero-order valence-electron chi connectivity index (χ0n) is 33.3. The van der Waals surface area contributed by atoms with Crippen molar-refractivity contribution >= 4 is 49.5 Å². The van der Waals surface area contributed by atoms with Gasteiger partial charge in [0.05, 0.1) is 15.7 Å². The van der Waals surface area contributed by atoms with Crippen LogP contribution in [0.3, 0.4) is 0 Å². The quantitative estimate of drug-likeness (QED) is 0.170. The van der Waals surface area contributed by atoms with Crippen molar-refractivity contribution in [3.05, 3.63) is 190 Å². The first-order valence-electron chi connectivity index (χ1n) is 20.1. The largest absolute Gasteiger partial charge is 0.310 e. The van der Waals surface area contributed by atoms with Crippen molar-refractivity contribution in [2.45, 2.75) is 52.4 Å². The molecule has 7 aromatic carbocycles. The molecule has 0 amide bonds. The Morgan fingerprint density at radius 2 is 1.05 bits per heavy atom. The van der Waals surface area contributed by atoms with Crippen LogP contribution >= 0.6 is 11.3 Å². The lowest BCUT2D eigenvalue weighted by Crippen LogP contribution is -2.16. The average Bonchev–Trinajstić information content (AvgIpc) is 3.88. The van der Waals surface area contributed by atoms with Crippen LogP contribution in [0, 0.1) is 13.8 Å². The first kappa shape index (κ1) is 34.1.